The monoisotopic (exact) mass is 247 g/mol. The van der Waals surface area contributed by atoms with E-state index in [0.717, 1.165) is 0 Å². The number of nitrogens with zero attached hydrogens (tertiary/aromatic N) is 3. The summed E-state index contributed by atoms with van der Waals surface area (Å²) in [5.41, 5.74) is 7.15. The molecule has 6 nitrogen and oxygen atoms in total. The maximum atomic E-state index is 11.5. The summed E-state index contributed by atoms with van der Waals surface area (Å²) in [6, 6.07) is 1.39. The molecule has 0 unspecified atom stereocenters. The Bertz CT molecular complexity index is 706. The molecule has 2 heterocycles. The second-order valence-corrected chi connectivity index (χ2v) is 3.78. The first kappa shape index (κ1) is 11.3. The number of H-pyrrole nitrogens is 1. The third-order valence-electron chi connectivity index (χ3n) is 2.53. The number of amides is 1. The van der Waals surface area contributed by atoms with Crippen molar-refractivity contribution in [2.45, 2.75) is 13.3 Å². The predicted octanol–water partition coefficient (Wildman–Crippen LogP) is 1.45. The van der Waals surface area contributed by atoms with Crippen LogP contribution in [0.5, 0.6) is 0 Å². The average molecular weight is 247 g/mol. The van der Waals surface area contributed by atoms with Gasteiger partial charge in [0.2, 0.25) is 0 Å². The molecule has 2 aromatic heterocycles. The van der Waals surface area contributed by atoms with Crippen molar-refractivity contribution in [3.63, 3.8) is 0 Å². The van der Waals surface area contributed by atoms with Gasteiger partial charge in [0, 0.05) is 5.69 Å². The maximum absolute atomic E-state index is 11.5. The number of fused-ring (bicyclic) bond motifs is 1. The van der Waals surface area contributed by atoms with Gasteiger partial charge in [-0.2, -0.15) is 5.26 Å². The molecule has 0 radical (unpaired) electrons. The average Bonchev–Trinajstić information content (AvgIpc) is 2.63. The van der Waals surface area contributed by atoms with E-state index in [0.29, 0.717) is 28.7 Å². The highest BCUT2D eigenvalue weighted by atomic mass is 32.1. The number of primary amides is 1. The smallest absolute Gasteiger partial charge is 0.323 e. The molecular weight excluding hydrogens is 238 g/mol. The molecule has 86 valence electrons. The lowest BCUT2D eigenvalue weighted by Gasteiger charge is -2.02. The largest absolute Gasteiger partial charge is 0.351 e. The topological polar surface area (TPSA) is 100 Å². The molecule has 0 fully saturated rings. The van der Waals surface area contributed by atoms with Crippen molar-refractivity contribution >= 4 is 29.3 Å². The number of aromatic amines is 1. The van der Waals surface area contributed by atoms with Crippen LogP contribution in [0.15, 0.2) is 6.33 Å². The Hall–Kier alpha value is -2.20. The van der Waals surface area contributed by atoms with Crippen molar-refractivity contribution < 1.29 is 4.79 Å². The summed E-state index contributed by atoms with van der Waals surface area (Å²) in [7, 11) is 0. The molecule has 0 bridgehead atoms. The Morgan fingerprint density at radius 2 is 2.47 bits per heavy atom. The lowest BCUT2D eigenvalue weighted by Crippen LogP contribution is -2.21. The van der Waals surface area contributed by atoms with Crippen molar-refractivity contribution in [3.05, 3.63) is 22.2 Å². The van der Waals surface area contributed by atoms with E-state index in [2.05, 4.69) is 16.0 Å². The van der Waals surface area contributed by atoms with Crippen LogP contribution in [0.25, 0.3) is 11.0 Å². The van der Waals surface area contributed by atoms with E-state index in [1.165, 1.54) is 10.9 Å². The van der Waals surface area contributed by atoms with Crippen LogP contribution in [0.3, 0.4) is 0 Å². The molecule has 3 N–H and O–H groups in total. The molecule has 0 saturated carbocycles. The van der Waals surface area contributed by atoms with Crippen molar-refractivity contribution in [1.82, 2.24) is 14.5 Å². The second kappa shape index (κ2) is 3.99. The van der Waals surface area contributed by atoms with Gasteiger partial charge in [-0.15, -0.1) is 0 Å². The van der Waals surface area contributed by atoms with E-state index >= 15 is 0 Å². The Morgan fingerprint density at radius 1 is 1.76 bits per heavy atom. The fourth-order valence-corrected chi connectivity index (χ4v) is 2.13. The zero-order valence-corrected chi connectivity index (χ0v) is 9.84. The fourth-order valence-electron chi connectivity index (χ4n) is 1.88. The van der Waals surface area contributed by atoms with Gasteiger partial charge in [-0.25, -0.2) is 9.78 Å². The van der Waals surface area contributed by atoms with Gasteiger partial charge in [0.25, 0.3) is 0 Å². The summed E-state index contributed by atoms with van der Waals surface area (Å²) in [6.07, 6.45) is 1.90. The molecule has 2 rings (SSSR count). The minimum Gasteiger partial charge on any atom is -0.351 e. The molecule has 0 spiro atoms. The van der Waals surface area contributed by atoms with Crippen LogP contribution in [0.2, 0.25) is 0 Å². The highest BCUT2D eigenvalue weighted by molar-refractivity contribution is 7.71. The van der Waals surface area contributed by atoms with Gasteiger partial charge in [0.05, 0.1) is 17.4 Å². The van der Waals surface area contributed by atoms with E-state index in [1.54, 1.807) is 0 Å². The number of nitrogens with two attached hydrogens (primary N) is 1. The van der Waals surface area contributed by atoms with Crippen LogP contribution in [-0.2, 0) is 6.42 Å². The number of hydrogen-bond donors (Lipinski definition) is 2. The molecule has 0 aliphatic carbocycles. The summed E-state index contributed by atoms with van der Waals surface area (Å²) in [5, 5.41) is 9.14. The Balaban J connectivity index is 3.10. The molecule has 1 amide bonds. The van der Waals surface area contributed by atoms with Crippen molar-refractivity contribution in [3.8, 4) is 6.07 Å². The first-order valence-electron chi connectivity index (χ1n) is 4.92. The molecule has 0 aliphatic heterocycles. The molecule has 0 aromatic carbocycles. The molecule has 2 aromatic rings. The van der Waals surface area contributed by atoms with Crippen molar-refractivity contribution in [1.29, 1.82) is 5.26 Å². The zero-order valence-electron chi connectivity index (χ0n) is 9.02. The van der Waals surface area contributed by atoms with Gasteiger partial charge in [0.1, 0.15) is 11.6 Å². The minimum absolute atomic E-state index is 0.244. The lowest BCUT2D eigenvalue weighted by atomic mass is 10.2. The molecule has 0 aliphatic rings. The number of aromatic nitrogens is 3. The third kappa shape index (κ3) is 1.50. The highest BCUT2D eigenvalue weighted by Gasteiger charge is 2.20. The van der Waals surface area contributed by atoms with Crippen molar-refractivity contribution in [2.24, 2.45) is 5.73 Å². The fraction of sp³-hybridized carbons (Fsp3) is 0.200. The number of hydrogen-bond acceptors (Lipinski definition) is 4. The van der Waals surface area contributed by atoms with E-state index in [4.69, 9.17) is 23.2 Å². The van der Waals surface area contributed by atoms with Crippen LogP contribution in [0, 0.1) is 16.0 Å². The highest BCUT2D eigenvalue weighted by Crippen LogP contribution is 2.24. The van der Waals surface area contributed by atoms with Crippen molar-refractivity contribution in [2.75, 3.05) is 0 Å². The van der Waals surface area contributed by atoms with E-state index in [1.807, 2.05) is 6.92 Å². The summed E-state index contributed by atoms with van der Waals surface area (Å²) < 4.78 is 1.49. The second-order valence-electron chi connectivity index (χ2n) is 3.39. The Morgan fingerprint density at radius 3 is 3.00 bits per heavy atom. The first-order valence-corrected chi connectivity index (χ1v) is 5.33. The number of nitrogens with one attached hydrogen (secondary N) is 1. The summed E-state index contributed by atoms with van der Waals surface area (Å²) in [5.74, 6) is 0. The Kier molecular flexibility index (Phi) is 2.65. The summed E-state index contributed by atoms with van der Waals surface area (Å²) in [4.78, 5) is 18.2. The van der Waals surface area contributed by atoms with E-state index in [-0.39, 0.29) is 4.64 Å². The number of nitriles is 1. The predicted molar refractivity (Wildman–Crippen MR) is 64.0 cm³/mol. The van der Waals surface area contributed by atoms with Gasteiger partial charge in [-0.3, -0.25) is 4.57 Å². The zero-order chi connectivity index (χ0) is 12.6. The molecule has 7 heteroatoms. The van der Waals surface area contributed by atoms with Crippen LogP contribution >= 0.6 is 12.2 Å². The van der Waals surface area contributed by atoms with Crippen LogP contribution < -0.4 is 5.73 Å². The Labute approximate surface area is 102 Å². The number of carbonyl (C=O) groups excluding carboxylic acids is 1. The summed E-state index contributed by atoms with van der Waals surface area (Å²) >= 11 is 5.06. The van der Waals surface area contributed by atoms with Gasteiger partial charge >= 0.3 is 6.03 Å². The van der Waals surface area contributed by atoms with Gasteiger partial charge in [-0.05, 0) is 6.42 Å². The third-order valence-corrected chi connectivity index (χ3v) is 2.83. The normalized spacial score (nSPS) is 10.4. The number of rotatable bonds is 1. The molecular formula is C10H9N5OS. The quantitative estimate of drug-likeness (QED) is 0.745. The lowest BCUT2D eigenvalue weighted by molar-refractivity contribution is 0.250. The van der Waals surface area contributed by atoms with Crippen LogP contribution in [0.1, 0.15) is 18.2 Å². The maximum Gasteiger partial charge on any atom is 0.323 e. The summed E-state index contributed by atoms with van der Waals surface area (Å²) in [6.45, 7) is 1.84. The van der Waals surface area contributed by atoms with Gasteiger partial charge in [-0.1, -0.05) is 19.1 Å². The van der Waals surface area contributed by atoms with E-state index < -0.39 is 6.03 Å². The van der Waals surface area contributed by atoms with Crippen LogP contribution in [-0.4, -0.2) is 20.6 Å². The molecule has 0 atom stereocenters. The molecule has 17 heavy (non-hydrogen) atoms. The van der Waals surface area contributed by atoms with Crippen LogP contribution in [0.4, 0.5) is 4.79 Å². The number of carbonyl (C=O) groups is 1. The standard InChI is InChI=1S/C10H9N5OS/c1-2-6-5(3-11)7-8(15(6)10(12)16)9(17)14-4-13-7/h4H,2H2,1H3,(H2,12,16)(H,13,14,17). The minimum atomic E-state index is -0.666. The van der Waals surface area contributed by atoms with E-state index in [9.17, 15) is 4.79 Å². The molecule has 0 saturated heterocycles. The SMILES string of the molecule is CCc1c(C#N)c2[nH]cnc(=S)c2n1C(N)=O. The van der Waals surface area contributed by atoms with Gasteiger partial charge < -0.3 is 10.7 Å². The van der Waals surface area contributed by atoms with Gasteiger partial charge in [0.15, 0.2) is 4.64 Å². The first-order chi connectivity index (χ1) is 8.11.